The number of nitrogens with one attached hydrogen (secondary N) is 1. The Morgan fingerprint density at radius 2 is 1.83 bits per heavy atom. The Morgan fingerprint density at radius 1 is 1.17 bits per heavy atom. The van der Waals surface area contributed by atoms with E-state index in [-0.39, 0.29) is 13.0 Å². The van der Waals surface area contributed by atoms with Crippen LogP contribution >= 0.6 is 11.6 Å². The largest absolute Gasteiger partial charge is 0.326 e. The molecular formula is C17H13ClF2N2O2. The standard InChI is InChI=1S/C17H13ClF2N2O2/c18-11-3-1-4-12(8-11)21-17(24)10-7-15(23)22(9-10)16-13(19)5-2-6-14(16)20/h1-6,8,10H,7,9H2,(H,21,24). The van der Waals surface area contributed by atoms with Crippen molar-refractivity contribution in [2.75, 3.05) is 16.8 Å². The van der Waals surface area contributed by atoms with Crippen molar-refractivity contribution in [3.63, 3.8) is 0 Å². The molecule has 1 fully saturated rings. The molecule has 0 radical (unpaired) electrons. The molecule has 1 aliphatic rings. The number of halogens is 3. The Kier molecular flexibility index (Phi) is 4.49. The van der Waals surface area contributed by atoms with Gasteiger partial charge in [0.25, 0.3) is 0 Å². The van der Waals surface area contributed by atoms with Crippen LogP contribution in [0.5, 0.6) is 0 Å². The van der Waals surface area contributed by atoms with Crippen molar-refractivity contribution in [2.24, 2.45) is 5.92 Å². The maximum absolute atomic E-state index is 13.8. The lowest BCUT2D eigenvalue weighted by Crippen LogP contribution is -2.29. The molecule has 0 aromatic heterocycles. The van der Waals surface area contributed by atoms with E-state index in [9.17, 15) is 18.4 Å². The van der Waals surface area contributed by atoms with Crippen molar-refractivity contribution in [1.29, 1.82) is 0 Å². The molecule has 2 aromatic rings. The zero-order valence-electron chi connectivity index (χ0n) is 12.4. The van der Waals surface area contributed by atoms with E-state index in [0.717, 1.165) is 17.0 Å². The maximum atomic E-state index is 13.8. The second-order valence-corrected chi connectivity index (χ2v) is 5.91. The number of carbonyl (C=O) groups excluding carboxylic acids is 2. The summed E-state index contributed by atoms with van der Waals surface area (Å²) in [6.07, 6.45) is -0.111. The number of hydrogen-bond donors (Lipinski definition) is 1. The molecule has 2 aromatic carbocycles. The van der Waals surface area contributed by atoms with Crippen molar-refractivity contribution in [2.45, 2.75) is 6.42 Å². The maximum Gasteiger partial charge on any atom is 0.229 e. The molecule has 1 atom stereocenters. The van der Waals surface area contributed by atoms with Gasteiger partial charge in [0.1, 0.15) is 17.3 Å². The van der Waals surface area contributed by atoms with E-state index >= 15 is 0 Å². The van der Waals surface area contributed by atoms with E-state index in [1.165, 1.54) is 6.07 Å². The highest BCUT2D eigenvalue weighted by Gasteiger charge is 2.37. The number of benzene rings is 2. The van der Waals surface area contributed by atoms with Crippen molar-refractivity contribution in [3.05, 3.63) is 59.1 Å². The van der Waals surface area contributed by atoms with E-state index in [1.807, 2.05) is 0 Å². The van der Waals surface area contributed by atoms with E-state index in [2.05, 4.69) is 5.32 Å². The molecule has 4 nitrogen and oxygen atoms in total. The quantitative estimate of drug-likeness (QED) is 0.919. The van der Waals surface area contributed by atoms with Crippen LogP contribution in [0.4, 0.5) is 20.2 Å². The second-order valence-electron chi connectivity index (χ2n) is 5.48. The number of para-hydroxylation sites is 1. The van der Waals surface area contributed by atoms with Gasteiger partial charge < -0.3 is 10.2 Å². The average Bonchev–Trinajstić information content (AvgIpc) is 2.89. The fraction of sp³-hybridized carbons (Fsp3) is 0.176. The highest BCUT2D eigenvalue weighted by atomic mass is 35.5. The molecule has 0 spiro atoms. The summed E-state index contributed by atoms with van der Waals surface area (Å²) in [6, 6.07) is 9.95. The molecule has 7 heteroatoms. The summed E-state index contributed by atoms with van der Waals surface area (Å²) in [6.45, 7) is -0.0803. The third-order valence-electron chi connectivity index (χ3n) is 3.80. The first-order valence-corrected chi connectivity index (χ1v) is 7.64. The molecule has 3 rings (SSSR count). The van der Waals surface area contributed by atoms with Gasteiger partial charge in [-0.1, -0.05) is 23.7 Å². The number of hydrogen-bond acceptors (Lipinski definition) is 2. The predicted octanol–water partition coefficient (Wildman–Crippen LogP) is 3.61. The van der Waals surface area contributed by atoms with Crippen LogP contribution in [0.15, 0.2) is 42.5 Å². The molecule has 1 aliphatic heterocycles. The molecule has 24 heavy (non-hydrogen) atoms. The minimum Gasteiger partial charge on any atom is -0.326 e. The molecule has 1 heterocycles. The van der Waals surface area contributed by atoms with Crippen molar-refractivity contribution in [3.8, 4) is 0 Å². The van der Waals surface area contributed by atoms with Gasteiger partial charge in [-0.05, 0) is 30.3 Å². The molecule has 124 valence electrons. The fourth-order valence-corrected chi connectivity index (χ4v) is 2.85. The van der Waals surface area contributed by atoms with Gasteiger partial charge in [-0.15, -0.1) is 0 Å². The van der Waals surface area contributed by atoms with Gasteiger partial charge in [0.2, 0.25) is 11.8 Å². The smallest absolute Gasteiger partial charge is 0.229 e. The first-order chi connectivity index (χ1) is 11.5. The van der Waals surface area contributed by atoms with Crippen molar-refractivity contribution in [1.82, 2.24) is 0 Å². The number of carbonyl (C=O) groups is 2. The SMILES string of the molecule is O=C(Nc1cccc(Cl)c1)C1CC(=O)N(c2c(F)cccc2F)C1. The molecule has 0 bridgehead atoms. The van der Waals surface area contributed by atoms with Gasteiger partial charge in [0, 0.05) is 23.7 Å². The van der Waals surface area contributed by atoms with E-state index in [4.69, 9.17) is 11.6 Å². The van der Waals surface area contributed by atoms with Gasteiger partial charge in [0.05, 0.1) is 5.92 Å². The Balaban J connectivity index is 1.76. The Labute approximate surface area is 142 Å². The third kappa shape index (κ3) is 3.23. The van der Waals surface area contributed by atoms with Crippen molar-refractivity contribution >= 4 is 34.8 Å². The number of anilines is 2. The Hall–Kier alpha value is -2.47. The van der Waals surface area contributed by atoms with Crippen LogP contribution in [-0.4, -0.2) is 18.4 Å². The highest BCUT2D eigenvalue weighted by Crippen LogP contribution is 2.30. The van der Waals surface area contributed by atoms with Gasteiger partial charge in [-0.2, -0.15) is 0 Å². The number of rotatable bonds is 3. The van der Waals surface area contributed by atoms with Crippen LogP contribution in [0.2, 0.25) is 5.02 Å². The topological polar surface area (TPSA) is 49.4 Å². The summed E-state index contributed by atoms with van der Waals surface area (Å²) in [7, 11) is 0. The zero-order valence-corrected chi connectivity index (χ0v) is 13.2. The molecule has 1 unspecified atom stereocenters. The minimum atomic E-state index is -0.834. The van der Waals surface area contributed by atoms with Crippen molar-refractivity contribution < 1.29 is 18.4 Å². The third-order valence-corrected chi connectivity index (χ3v) is 4.03. The summed E-state index contributed by atoms with van der Waals surface area (Å²) in [5, 5.41) is 3.12. The molecular weight excluding hydrogens is 338 g/mol. The van der Waals surface area contributed by atoms with Crippen LogP contribution in [0, 0.1) is 17.6 Å². The summed E-state index contributed by atoms with van der Waals surface area (Å²) in [5.41, 5.74) is 0.0797. The Morgan fingerprint density at radius 3 is 2.50 bits per heavy atom. The monoisotopic (exact) mass is 350 g/mol. The highest BCUT2D eigenvalue weighted by molar-refractivity contribution is 6.30. The van der Waals surface area contributed by atoms with Crippen LogP contribution in [-0.2, 0) is 9.59 Å². The Bertz CT molecular complexity index is 793. The fourth-order valence-electron chi connectivity index (χ4n) is 2.66. The first kappa shape index (κ1) is 16.4. The van der Waals surface area contributed by atoms with Crippen LogP contribution < -0.4 is 10.2 Å². The molecule has 1 N–H and O–H groups in total. The molecule has 0 aliphatic carbocycles. The lowest BCUT2D eigenvalue weighted by molar-refractivity contribution is -0.122. The minimum absolute atomic E-state index is 0.0803. The molecule has 1 saturated heterocycles. The lowest BCUT2D eigenvalue weighted by Gasteiger charge is -2.18. The molecule has 0 saturated carbocycles. The summed E-state index contributed by atoms with van der Waals surface area (Å²) in [4.78, 5) is 25.4. The van der Waals surface area contributed by atoms with Gasteiger partial charge >= 0.3 is 0 Å². The second kappa shape index (κ2) is 6.57. The number of nitrogens with zero attached hydrogens (tertiary/aromatic N) is 1. The van der Waals surface area contributed by atoms with Crippen LogP contribution in [0.1, 0.15) is 6.42 Å². The van der Waals surface area contributed by atoms with Crippen LogP contribution in [0.3, 0.4) is 0 Å². The summed E-state index contributed by atoms with van der Waals surface area (Å²) < 4.78 is 27.7. The number of amides is 2. The van der Waals surface area contributed by atoms with E-state index in [1.54, 1.807) is 24.3 Å². The average molecular weight is 351 g/mol. The summed E-state index contributed by atoms with van der Waals surface area (Å²) in [5.74, 6) is -3.26. The first-order valence-electron chi connectivity index (χ1n) is 7.26. The van der Waals surface area contributed by atoms with E-state index < -0.39 is 35.1 Å². The van der Waals surface area contributed by atoms with E-state index in [0.29, 0.717) is 10.7 Å². The normalized spacial score (nSPS) is 17.2. The zero-order chi connectivity index (χ0) is 17.3. The van der Waals surface area contributed by atoms with Gasteiger partial charge in [-0.3, -0.25) is 9.59 Å². The van der Waals surface area contributed by atoms with Gasteiger partial charge in [-0.25, -0.2) is 8.78 Å². The summed E-state index contributed by atoms with van der Waals surface area (Å²) >= 11 is 5.85. The molecule has 2 amide bonds. The predicted molar refractivity (Wildman–Crippen MR) is 86.9 cm³/mol. The van der Waals surface area contributed by atoms with Gasteiger partial charge in [0.15, 0.2) is 0 Å². The van der Waals surface area contributed by atoms with Crippen LogP contribution in [0.25, 0.3) is 0 Å². The lowest BCUT2D eigenvalue weighted by atomic mass is 10.1.